The Morgan fingerprint density at radius 1 is 1.44 bits per heavy atom. The minimum absolute atomic E-state index is 0.719. The number of nitrogens with zero attached hydrogens (tertiary/aromatic N) is 2. The number of pyridine rings is 1. The number of aromatic nitrogens is 1. The monoisotopic (exact) mass is 220 g/mol. The quantitative estimate of drug-likeness (QED) is 0.600. The third-order valence-electron chi connectivity index (χ3n) is 3.26. The van der Waals surface area contributed by atoms with Gasteiger partial charge in [0.05, 0.1) is 0 Å². The SMILES string of the molecule is CC1CCN(Cc2ccc(NN)nc2)CC1. The lowest BCUT2D eigenvalue weighted by atomic mass is 9.99. The molecule has 1 saturated heterocycles. The smallest absolute Gasteiger partial charge is 0.139 e. The number of nitrogen functional groups attached to an aromatic ring is 1. The summed E-state index contributed by atoms with van der Waals surface area (Å²) in [4.78, 5) is 6.71. The van der Waals surface area contributed by atoms with E-state index in [9.17, 15) is 0 Å². The van der Waals surface area contributed by atoms with Crippen LogP contribution < -0.4 is 11.3 Å². The summed E-state index contributed by atoms with van der Waals surface area (Å²) in [7, 11) is 0. The van der Waals surface area contributed by atoms with Crippen molar-refractivity contribution in [1.82, 2.24) is 9.88 Å². The highest BCUT2D eigenvalue weighted by atomic mass is 15.2. The fraction of sp³-hybridized carbons (Fsp3) is 0.583. The van der Waals surface area contributed by atoms with Gasteiger partial charge in [-0.15, -0.1) is 0 Å². The zero-order valence-corrected chi connectivity index (χ0v) is 9.82. The maximum Gasteiger partial charge on any atom is 0.139 e. The summed E-state index contributed by atoms with van der Waals surface area (Å²) in [6, 6.07) is 4.00. The molecular formula is C12H20N4. The molecule has 1 aliphatic heterocycles. The minimum Gasteiger partial charge on any atom is -0.308 e. The van der Waals surface area contributed by atoms with Crippen molar-refractivity contribution < 1.29 is 0 Å². The highest BCUT2D eigenvalue weighted by Crippen LogP contribution is 2.18. The largest absolute Gasteiger partial charge is 0.308 e. The standard InChI is InChI=1S/C12H20N4/c1-10-4-6-16(7-5-10)9-11-2-3-12(15-13)14-8-11/h2-3,8,10H,4-7,9,13H2,1H3,(H,14,15). The van der Waals surface area contributed by atoms with Crippen molar-refractivity contribution in [2.24, 2.45) is 11.8 Å². The molecule has 1 aromatic rings. The van der Waals surface area contributed by atoms with Gasteiger partial charge in [0.2, 0.25) is 0 Å². The zero-order valence-electron chi connectivity index (χ0n) is 9.82. The summed E-state index contributed by atoms with van der Waals surface area (Å²) >= 11 is 0. The molecule has 1 fully saturated rings. The Balaban J connectivity index is 1.88. The first-order chi connectivity index (χ1) is 7.78. The second-order valence-electron chi connectivity index (χ2n) is 4.65. The number of hydrazine groups is 1. The van der Waals surface area contributed by atoms with Crippen LogP contribution in [0.3, 0.4) is 0 Å². The lowest BCUT2D eigenvalue weighted by molar-refractivity contribution is 0.185. The average Bonchev–Trinajstić information content (AvgIpc) is 2.33. The zero-order chi connectivity index (χ0) is 11.4. The Morgan fingerprint density at radius 3 is 2.75 bits per heavy atom. The third kappa shape index (κ3) is 2.93. The minimum atomic E-state index is 0.719. The molecule has 0 atom stereocenters. The van der Waals surface area contributed by atoms with Gasteiger partial charge in [-0.25, -0.2) is 10.8 Å². The molecule has 1 aliphatic rings. The molecule has 0 radical (unpaired) electrons. The van der Waals surface area contributed by atoms with Crippen LogP contribution in [0.4, 0.5) is 5.82 Å². The van der Waals surface area contributed by atoms with Crippen LogP contribution in [0.2, 0.25) is 0 Å². The molecule has 3 N–H and O–H groups in total. The molecule has 88 valence electrons. The van der Waals surface area contributed by atoms with E-state index in [0.717, 1.165) is 18.3 Å². The van der Waals surface area contributed by atoms with E-state index in [1.807, 2.05) is 12.3 Å². The number of anilines is 1. The van der Waals surface area contributed by atoms with Crippen molar-refractivity contribution in [3.05, 3.63) is 23.9 Å². The van der Waals surface area contributed by atoms with Crippen molar-refractivity contribution in [1.29, 1.82) is 0 Å². The second-order valence-corrected chi connectivity index (χ2v) is 4.65. The Kier molecular flexibility index (Phi) is 3.74. The highest BCUT2D eigenvalue weighted by molar-refractivity contribution is 5.33. The van der Waals surface area contributed by atoms with Crippen molar-refractivity contribution in [3.63, 3.8) is 0 Å². The number of piperidine rings is 1. The van der Waals surface area contributed by atoms with Gasteiger partial charge in [0.25, 0.3) is 0 Å². The topological polar surface area (TPSA) is 54.2 Å². The van der Waals surface area contributed by atoms with Crippen LogP contribution >= 0.6 is 0 Å². The van der Waals surface area contributed by atoms with Gasteiger partial charge in [-0.2, -0.15) is 0 Å². The number of rotatable bonds is 3. The van der Waals surface area contributed by atoms with Crippen LogP contribution in [0, 0.1) is 5.92 Å². The molecule has 0 unspecified atom stereocenters. The highest BCUT2D eigenvalue weighted by Gasteiger charge is 2.15. The molecule has 1 aromatic heterocycles. The van der Waals surface area contributed by atoms with E-state index in [0.29, 0.717) is 0 Å². The summed E-state index contributed by atoms with van der Waals surface area (Å²) in [6.45, 7) is 5.75. The number of hydrogen-bond acceptors (Lipinski definition) is 4. The van der Waals surface area contributed by atoms with E-state index in [1.165, 1.54) is 31.5 Å². The van der Waals surface area contributed by atoms with Gasteiger partial charge < -0.3 is 5.43 Å². The molecule has 2 heterocycles. The summed E-state index contributed by atoms with van der Waals surface area (Å²) in [5.74, 6) is 6.88. The Bertz CT molecular complexity index is 314. The molecule has 0 bridgehead atoms. The lowest BCUT2D eigenvalue weighted by Gasteiger charge is -2.30. The van der Waals surface area contributed by atoms with Crippen LogP contribution in [0.5, 0.6) is 0 Å². The van der Waals surface area contributed by atoms with Crippen molar-refractivity contribution in [2.45, 2.75) is 26.3 Å². The fourth-order valence-corrected chi connectivity index (χ4v) is 2.08. The molecule has 0 aliphatic carbocycles. The van der Waals surface area contributed by atoms with Crippen LogP contribution in [0.15, 0.2) is 18.3 Å². The van der Waals surface area contributed by atoms with Crippen LogP contribution in [0.25, 0.3) is 0 Å². The van der Waals surface area contributed by atoms with Gasteiger partial charge in [0.1, 0.15) is 5.82 Å². The third-order valence-corrected chi connectivity index (χ3v) is 3.26. The van der Waals surface area contributed by atoms with Crippen LogP contribution in [-0.2, 0) is 6.54 Å². The van der Waals surface area contributed by atoms with Gasteiger partial charge in [-0.3, -0.25) is 4.90 Å². The fourth-order valence-electron chi connectivity index (χ4n) is 2.08. The van der Waals surface area contributed by atoms with E-state index in [1.54, 1.807) is 0 Å². The maximum absolute atomic E-state index is 5.28. The van der Waals surface area contributed by atoms with Crippen molar-refractivity contribution in [3.8, 4) is 0 Å². The molecule has 4 heteroatoms. The maximum atomic E-state index is 5.28. The van der Waals surface area contributed by atoms with Gasteiger partial charge in [-0.1, -0.05) is 13.0 Å². The average molecular weight is 220 g/mol. The molecule has 2 rings (SSSR count). The summed E-state index contributed by atoms with van der Waals surface area (Å²) in [5, 5.41) is 0. The van der Waals surface area contributed by atoms with E-state index >= 15 is 0 Å². The van der Waals surface area contributed by atoms with Gasteiger partial charge in [0.15, 0.2) is 0 Å². The van der Waals surface area contributed by atoms with Gasteiger partial charge in [0, 0.05) is 12.7 Å². The second kappa shape index (κ2) is 5.27. The Morgan fingerprint density at radius 2 is 2.19 bits per heavy atom. The van der Waals surface area contributed by atoms with E-state index in [-0.39, 0.29) is 0 Å². The summed E-state index contributed by atoms with van der Waals surface area (Å²) < 4.78 is 0. The van der Waals surface area contributed by atoms with Crippen LogP contribution in [0.1, 0.15) is 25.3 Å². The Hall–Kier alpha value is -1.13. The number of hydrogen-bond donors (Lipinski definition) is 2. The van der Waals surface area contributed by atoms with Gasteiger partial charge >= 0.3 is 0 Å². The molecule has 0 saturated carbocycles. The molecule has 0 aromatic carbocycles. The van der Waals surface area contributed by atoms with Crippen molar-refractivity contribution in [2.75, 3.05) is 18.5 Å². The Labute approximate surface area is 96.8 Å². The van der Waals surface area contributed by atoms with Crippen molar-refractivity contribution >= 4 is 5.82 Å². The number of nitrogens with two attached hydrogens (primary N) is 1. The first-order valence-electron chi connectivity index (χ1n) is 5.92. The van der Waals surface area contributed by atoms with E-state index in [4.69, 9.17) is 5.84 Å². The van der Waals surface area contributed by atoms with E-state index in [2.05, 4.69) is 28.3 Å². The predicted octanol–water partition coefficient (Wildman–Crippen LogP) is 1.60. The first kappa shape index (κ1) is 11.4. The number of nitrogens with one attached hydrogen (secondary N) is 1. The van der Waals surface area contributed by atoms with Crippen LogP contribution in [-0.4, -0.2) is 23.0 Å². The molecule has 0 spiro atoms. The van der Waals surface area contributed by atoms with Gasteiger partial charge in [-0.05, 0) is 43.5 Å². The molecule has 4 nitrogen and oxygen atoms in total. The molecule has 16 heavy (non-hydrogen) atoms. The predicted molar refractivity (Wildman–Crippen MR) is 65.7 cm³/mol. The van der Waals surface area contributed by atoms with E-state index < -0.39 is 0 Å². The molecule has 0 amide bonds. The summed E-state index contributed by atoms with van der Waals surface area (Å²) in [5.41, 5.74) is 3.80. The first-order valence-corrected chi connectivity index (χ1v) is 5.92. The summed E-state index contributed by atoms with van der Waals surface area (Å²) in [6.07, 6.45) is 4.53. The number of likely N-dealkylation sites (tertiary alicyclic amines) is 1. The molecular weight excluding hydrogens is 200 g/mol. The normalized spacial score (nSPS) is 18.6. The lowest BCUT2D eigenvalue weighted by Crippen LogP contribution is -2.32.